The van der Waals surface area contributed by atoms with Gasteiger partial charge in [0, 0.05) is 20.2 Å². The maximum absolute atomic E-state index is 11.7. The third-order valence-electron chi connectivity index (χ3n) is 2.20. The standard InChI is InChI=1S/C8H17NO4S/c1-13-7-5-9(4-6-10)14(11,12)8-2-3-8/h8,10H,2-7H2,1H3. The minimum absolute atomic E-state index is 0.143. The van der Waals surface area contributed by atoms with E-state index in [2.05, 4.69) is 0 Å². The Labute approximate surface area is 84.7 Å². The Morgan fingerprint density at radius 3 is 2.50 bits per heavy atom. The number of hydrogen-bond donors (Lipinski definition) is 1. The lowest BCUT2D eigenvalue weighted by Crippen LogP contribution is -2.38. The van der Waals surface area contributed by atoms with E-state index >= 15 is 0 Å². The highest BCUT2D eigenvalue weighted by Crippen LogP contribution is 2.30. The van der Waals surface area contributed by atoms with Crippen LogP contribution in [0.25, 0.3) is 0 Å². The van der Waals surface area contributed by atoms with Crippen LogP contribution in [0.1, 0.15) is 12.8 Å². The second-order valence-corrected chi connectivity index (χ2v) is 5.57. The molecule has 6 heteroatoms. The lowest BCUT2D eigenvalue weighted by molar-refractivity contribution is 0.168. The number of ether oxygens (including phenoxy) is 1. The molecule has 1 rings (SSSR count). The topological polar surface area (TPSA) is 66.8 Å². The van der Waals surface area contributed by atoms with E-state index in [1.165, 1.54) is 11.4 Å². The van der Waals surface area contributed by atoms with Crippen molar-refractivity contribution >= 4 is 10.0 Å². The van der Waals surface area contributed by atoms with Gasteiger partial charge in [0.25, 0.3) is 0 Å². The van der Waals surface area contributed by atoms with Gasteiger partial charge in [-0.05, 0) is 12.8 Å². The van der Waals surface area contributed by atoms with Gasteiger partial charge in [-0.15, -0.1) is 0 Å². The number of sulfonamides is 1. The van der Waals surface area contributed by atoms with Crippen molar-refractivity contribution in [3.05, 3.63) is 0 Å². The van der Waals surface area contributed by atoms with E-state index in [9.17, 15) is 8.42 Å². The average molecular weight is 223 g/mol. The summed E-state index contributed by atoms with van der Waals surface area (Å²) in [5, 5.41) is 8.54. The van der Waals surface area contributed by atoms with Crippen molar-refractivity contribution in [2.45, 2.75) is 18.1 Å². The highest BCUT2D eigenvalue weighted by molar-refractivity contribution is 7.90. The Bertz CT molecular complexity index is 261. The number of aliphatic hydroxyl groups excluding tert-OH is 1. The number of nitrogens with zero attached hydrogens (tertiary/aromatic N) is 1. The third kappa shape index (κ3) is 2.91. The monoisotopic (exact) mass is 223 g/mol. The second kappa shape index (κ2) is 5.06. The first kappa shape index (κ1) is 11.9. The zero-order chi connectivity index (χ0) is 10.6. The van der Waals surface area contributed by atoms with E-state index in [-0.39, 0.29) is 18.4 Å². The van der Waals surface area contributed by atoms with Gasteiger partial charge < -0.3 is 9.84 Å². The first-order valence-electron chi connectivity index (χ1n) is 4.71. The van der Waals surface area contributed by atoms with Crippen LogP contribution in [0.5, 0.6) is 0 Å². The van der Waals surface area contributed by atoms with E-state index in [1.807, 2.05) is 0 Å². The summed E-state index contributed by atoms with van der Waals surface area (Å²) >= 11 is 0. The summed E-state index contributed by atoms with van der Waals surface area (Å²) in [4.78, 5) is 0. The first-order chi connectivity index (χ1) is 6.62. The van der Waals surface area contributed by atoms with Crippen LogP contribution in [-0.2, 0) is 14.8 Å². The largest absolute Gasteiger partial charge is 0.395 e. The molecule has 0 spiro atoms. The summed E-state index contributed by atoms with van der Waals surface area (Å²) in [6.45, 7) is 0.722. The quantitative estimate of drug-likeness (QED) is 0.627. The molecule has 0 unspecified atom stereocenters. The van der Waals surface area contributed by atoms with Crippen LogP contribution in [-0.4, -0.2) is 56.5 Å². The molecule has 0 saturated heterocycles. The molecule has 1 fully saturated rings. The molecule has 0 amide bonds. The number of methoxy groups -OCH3 is 1. The molecule has 0 aromatic rings. The summed E-state index contributed by atoms with van der Waals surface area (Å²) in [6, 6.07) is 0. The molecule has 1 aliphatic carbocycles. The van der Waals surface area contributed by atoms with Gasteiger partial charge in [-0.2, -0.15) is 4.31 Å². The fourth-order valence-electron chi connectivity index (χ4n) is 1.25. The van der Waals surface area contributed by atoms with Crippen LogP contribution in [0.3, 0.4) is 0 Å². The van der Waals surface area contributed by atoms with Crippen molar-refractivity contribution in [3.8, 4) is 0 Å². The molecule has 0 aliphatic heterocycles. The maximum Gasteiger partial charge on any atom is 0.217 e. The van der Waals surface area contributed by atoms with Gasteiger partial charge in [-0.1, -0.05) is 0 Å². The van der Waals surface area contributed by atoms with E-state index in [0.29, 0.717) is 13.2 Å². The summed E-state index contributed by atoms with van der Waals surface area (Å²) in [7, 11) is -1.64. The van der Waals surface area contributed by atoms with Gasteiger partial charge in [0.15, 0.2) is 0 Å². The molecule has 14 heavy (non-hydrogen) atoms. The molecule has 1 saturated carbocycles. The highest BCUT2D eigenvalue weighted by Gasteiger charge is 2.39. The Balaban J connectivity index is 2.55. The molecule has 1 aliphatic rings. The van der Waals surface area contributed by atoms with Crippen LogP contribution in [0.4, 0.5) is 0 Å². The molecule has 0 radical (unpaired) electrons. The zero-order valence-corrected chi connectivity index (χ0v) is 9.16. The van der Waals surface area contributed by atoms with Crippen molar-refractivity contribution in [2.75, 3.05) is 33.4 Å². The first-order valence-corrected chi connectivity index (χ1v) is 6.22. The average Bonchev–Trinajstić information content (AvgIpc) is 2.94. The Morgan fingerprint density at radius 1 is 1.43 bits per heavy atom. The minimum Gasteiger partial charge on any atom is -0.395 e. The lowest BCUT2D eigenvalue weighted by Gasteiger charge is -2.20. The molecule has 0 aromatic heterocycles. The van der Waals surface area contributed by atoms with Gasteiger partial charge in [-0.25, -0.2) is 8.42 Å². The summed E-state index contributed by atoms with van der Waals surface area (Å²) in [5.41, 5.74) is 0. The Morgan fingerprint density at radius 2 is 2.07 bits per heavy atom. The van der Waals surface area contributed by atoms with Gasteiger partial charge in [-0.3, -0.25) is 0 Å². The fraction of sp³-hybridized carbons (Fsp3) is 1.00. The molecule has 0 aromatic carbocycles. The third-order valence-corrected chi connectivity index (χ3v) is 4.60. The van der Waals surface area contributed by atoms with Crippen LogP contribution in [0.2, 0.25) is 0 Å². The SMILES string of the molecule is COCCN(CCO)S(=O)(=O)C1CC1. The molecule has 0 heterocycles. The van der Waals surface area contributed by atoms with Gasteiger partial charge in [0.1, 0.15) is 0 Å². The number of hydrogen-bond acceptors (Lipinski definition) is 4. The zero-order valence-electron chi connectivity index (χ0n) is 8.35. The predicted octanol–water partition coefficient (Wildman–Crippen LogP) is -0.581. The van der Waals surface area contributed by atoms with Crippen molar-refractivity contribution in [3.63, 3.8) is 0 Å². The van der Waals surface area contributed by atoms with Crippen molar-refractivity contribution in [1.82, 2.24) is 4.31 Å². The van der Waals surface area contributed by atoms with Crippen LogP contribution < -0.4 is 0 Å². The van der Waals surface area contributed by atoms with Crippen LogP contribution in [0.15, 0.2) is 0 Å². The maximum atomic E-state index is 11.7. The molecule has 84 valence electrons. The molecular weight excluding hydrogens is 206 g/mol. The molecular formula is C8H17NO4S. The normalized spacial score (nSPS) is 17.6. The van der Waals surface area contributed by atoms with E-state index < -0.39 is 10.0 Å². The lowest BCUT2D eigenvalue weighted by atomic mass is 10.6. The van der Waals surface area contributed by atoms with E-state index in [1.54, 1.807) is 0 Å². The minimum atomic E-state index is -3.17. The Kier molecular flexibility index (Phi) is 4.31. The van der Waals surface area contributed by atoms with Gasteiger partial charge >= 0.3 is 0 Å². The van der Waals surface area contributed by atoms with Gasteiger partial charge in [0.2, 0.25) is 10.0 Å². The van der Waals surface area contributed by atoms with E-state index in [0.717, 1.165) is 12.8 Å². The molecule has 1 N–H and O–H groups in total. The van der Waals surface area contributed by atoms with Crippen molar-refractivity contribution in [1.29, 1.82) is 0 Å². The number of rotatable bonds is 7. The van der Waals surface area contributed by atoms with E-state index in [4.69, 9.17) is 9.84 Å². The molecule has 0 bridgehead atoms. The smallest absolute Gasteiger partial charge is 0.217 e. The van der Waals surface area contributed by atoms with Crippen LogP contribution >= 0.6 is 0 Å². The second-order valence-electron chi connectivity index (χ2n) is 3.36. The fourth-order valence-corrected chi connectivity index (χ4v) is 3.07. The Hall–Kier alpha value is -0.170. The van der Waals surface area contributed by atoms with Crippen molar-refractivity contribution in [2.24, 2.45) is 0 Å². The number of aliphatic hydroxyl groups is 1. The van der Waals surface area contributed by atoms with Crippen molar-refractivity contribution < 1.29 is 18.3 Å². The molecule has 0 atom stereocenters. The molecule has 5 nitrogen and oxygen atoms in total. The summed E-state index contributed by atoms with van der Waals surface area (Å²) < 4.78 is 29.6. The van der Waals surface area contributed by atoms with Gasteiger partial charge in [0.05, 0.1) is 18.5 Å². The summed E-state index contributed by atoms with van der Waals surface area (Å²) in [5.74, 6) is 0. The predicted molar refractivity (Wildman–Crippen MR) is 52.5 cm³/mol. The van der Waals surface area contributed by atoms with Crippen LogP contribution in [0, 0.1) is 0 Å². The highest BCUT2D eigenvalue weighted by atomic mass is 32.2. The summed E-state index contributed by atoms with van der Waals surface area (Å²) in [6.07, 6.45) is 1.49.